The molecular formula is C20H16N2O2. The predicted octanol–water partition coefficient (Wildman–Crippen LogP) is 4.87. The lowest BCUT2D eigenvalue weighted by Crippen LogP contribution is -1.91. The minimum absolute atomic E-state index is 0.582. The first-order chi connectivity index (χ1) is 11.7. The molecule has 0 aliphatic heterocycles. The number of benzene rings is 2. The number of oxazole rings is 1. The summed E-state index contributed by atoms with van der Waals surface area (Å²) < 4.78 is 11.4. The molecule has 0 fully saturated rings. The molecular weight excluding hydrogens is 300 g/mol. The summed E-state index contributed by atoms with van der Waals surface area (Å²) >= 11 is 0. The molecule has 118 valence electrons. The molecule has 0 spiro atoms. The molecule has 0 amide bonds. The zero-order chi connectivity index (χ0) is 16.5. The van der Waals surface area contributed by atoms with E-state index in [1.54, 1.807) is 13.3 Å². The fraction of sp³-hybridized carbons (Fsp3) is 0.100. The Bertz CT molecular complexity index is 988. The number of hydrogen-bond donors (Lipinski definition) is 0. The molecule has 2 aromatic heterocycles. The fourth-order valence-corrected chi connectivity index (χ4v) is 2.72. The molecule has 0 N–H and O–H groups in total. The zero-order valence-corrected chi connectivity index (χ0v) is 13.5. The van der Waals surface area contributed by atoms with Crippen LogP contribution in [0.1, 0.15) is 5.56 Å². The molecule has 0 bridgehead atoms. The largest absolute Gasteiger partial charge is 0.496 e. The second-order valence-electron chi connectivity index (χ2n) is 5.62. The van der Waals surface area contributed by atoms with Gasteiger partial charge in [-0.05, 0) is 55.0 Å². The first-order valence-electron chi connectivity index (χ1n) is 7.71. The number of para-hydroxylation sites is 2. The number of fused-ring (bicyclic) bond motifs is 1. The Morgan fingerprint density at radius 3 is 2.67 bits per heavy atom. The van der Waals surface area contributed by atoms with Gasteiger partial charge in [0.1, 0.15) is 11.3 Å². The van der Waals surface area contributed by atoms with Crippen molar-refractivity contribution in [1.82, 2.24) is 9.97 Å². The van der Waals surface area contributed by atoms with Gasteiger partial charge in [-0.2, -0.15) is 0 Å². The van der Waals surface area contributed by atoms with Gasteiger partial charge >= 0.3 is 0 Å². The van der Waals surface area contributed by atoms with Crippen LogP contribution in [0.25, 0.3) is 33.8 Å². The quantitative estimate of drug-likeness (QED) is 0.541. The van der Waals surface area contributed by atoms with E-state index < -0.39 is 0 Å². The topological polar surface area (TPSA) is 48.2 Å². The molecule has 0 saturated heterocycles. The van der Waals surface area contributed by atoms with E-state index in [2.05, 4.69) is 9.97 Å². The van der Waals surface area contributed by atoms with Crippen molar-refractivity contribution in [2.24, 2.45) is 0 Å². The van der Waals surface area contributed by atoms with E-state index in [-0.39, 0.29) is 0 Å². The van der Waals surface area contributed by atoms with Crippen LogP contribution in [-0.2, 0) is 0 Å². The molecule has 0 unspecified atom stereocenters. The van der Waals surface area contributed by atoms with Crippen LogP contribution in [0.5, 0.6) is 5.75 Å². The smallest absolute Gasteiger partial charge is 0.227 e. The Labute approximate surface area is 139 Å². The number of aryl methyl sites for hydroxylation is 1. The van der Waals surface area contributed by atoms with Gasteiger partial charge in [0.25, 0.3) is 0 Å². The average molecular weight is 316 g/mol. The monoisotopic (exact) mass is 316 g/mol. The molecule has 4 aromatic rings. The standard InChI is InChI=1S/C20H16N2O2/c1-13-9-10-21-17(11-13)15-8-7-14(12-19(15)23-2)20-22-16-5-3-4-6-18(16)24-20/h3-12H,1-2H3. The summed E-state index contributed by atoms with van der Waals surface area (Å²) in [5.41, 5.74) is 5.48. The maximum absolute atomic E-state index is 5.84. The highest BCUT2D eigenvalue weighted by Crippen LogP contribution is 2.34. The summed E-state index contributed by atoms with van der Waals surface area (Å²) in [6.45, 7) is 2.05. The minimum Gasteiger partial charge on any atom is -0.496 e. The van der Waals surface area contributed by atoms with Gasteiger partial charge < -0.3 is 9.15 Å². The van der Waals surface area contributed by atoms with Gasteiger partial charge in [-0.3, -0.25) is 4.98 Å². The molecule has 24 heavy (non-hydrogen) atoms. The lowest BCUT2D eigenvalue weighted by molar-refractivity contribution is 0.416. The van der Waals surface area contributed by atoms with Crippen molar-refractivity contribution in [2.45, 2.75) is 6.92 Å². The summed E-state index contributed by atoms with van der Waals surface area (Å²) in [4.78, 5) is 8.97. The number of aromatic nitrogens is 2. The number of methoxy groups -OCH3 is 1. The molecule has 0 saturated carbocycles. The van der Waals surface area contributed by atoms with Gasteiger partial charge in [0, 0.05) is 17.3 Å². The summed E-state index contributed by atoms with van der Waals surface area (Å²) in [7, 11) is 1.66. The van der Waals surface area contributed by atoms with Gasteiger partial charge in [0.05, 0.1) is 12.8 Å². The predicted molar refractivity (Wildman–Crippen MR) is 94.0 cm³/mol. The molecule has 4 rings (SSSR count). The van der Waals surface area contributed by atoms with Crippen molar-refractivity contribution in [3.05, 3.63) is 66.4 Å². The van der Waals surface area contributed by atoms with Crippen molar-refractivity contribution in [3.8, 4) is 28.5 Å². The lowest BCUT2D eigenvalue weighted by Gasteiger charge is -2.09. The van der Waals surface area contributed by atoms with Gasteiger partial charge in [0.15, 0.2) is 5.58 Å². The molecule has 4 nitrogen and oxygen atoms in total. The normalized spacial score (nSPS) is 10.9. The maximum atomic E-state index is 5.84. The number of ether oxygens (including phenoxy) is 1. The first-order valence-corrected chi connectivity index (χ1v) is 7.71. The summed E-state index contributed by atoms with van der Waals surface area (Å²) in [5, 5.41) is 0. The van der Waals surface area contributed by atoms with Crippen LogP contribution in [0.3, 0.4) is 0 Å². The van der Waals surface area contributed by atoms with E-state index in [4.69, 9.17) is 9.15 Å². The summed E-state index contributed by atoms with van der Waals surface area (Å²) in [6, 6.07) is 17.6. The Morgan fingerprint density at radius 2 is 1.88 bits per heavy atom. The third-order valence-corrected chi connectivity index (χ3v) is 3.93. The van der Waals surface area contributed by atoms with Crippen molar-refractivity contribution < 1.29 is 9.15 Å². The van der Waals surface area contributed by atoms with Crippen LogP contribution in [0.2, 0.25) is 0 Å². The van der Waals surface area contributed by atoms with Crippen molar-refractivity contribution in [2.75, 3.05) is 7.11 Å². The second-order valence-corrected chi connectivity index (χ2v) is 5.62. The van der Waals surface area contributed by atoms with E-state index in [9.17, 15) is 0 Å². The number of rotatable bonds is 3. The van der Waals surface area contributed by atoms with E-state index in [0.717, 1.165) is 39.2 Å². The van der Waals surface area contributed by atoms with Crippen molar-refractivity contribution in [3.63, 3.8) is 0 Å². The Morgan fingerprint density at radius 1 is 1.00 bits per heavy atom. The Hall–Kier alpha value is -3.14. The number of hydrogen-bond acceptors (Lipinski definition) is 4. The SMILES string of the molecule is COc1cc(-c2nc3ccccc3o2)ccc1-c1cc(C)ccn1. The molecule has 0 aliphatic rings. The fourth-order valence-electron chi connectivity index (χ4n) is 2.72. The highest BCUT2D eigenvalue weighted by molar-refractivity contribution is 5.78. The minimum atomic E-state index is 0.582. The van der Waals surface area contributed by atoms with Gasteiger partial charge in [-0.15, -0.1) is 0 Å². The number of nitrogens with zero attached hydrogens (tertiary/aromatic N) is 2. The summed E-state index contributed by atoms with van der Waals surface area (Å²) in [6.07, 6.45) is 1.80. The molecule has 2 aromatic carbocycles. The molecule has 0 atom stereocenters. The highest BCUT2D eigenvalue weighted by atomic mass is 16.5. The Kier molecular flexibility index (Phi) is 3.50. The van der Waals surface area contributed by atoms with Gasteiger partial charge in [-0.1, -0.05) is 12.1 Å². The van der Waals surface area contributed by atoms with Crippen LogP contribution in [0.4, 0.5) is 0 Å². The highest BCUT2D eigenvalue weighted by Gasteiger charge is 2.13. The molecule has 2 heterocycles. The summed E-state index contributed by atoms with van der Waals surface area (Å²) in [5.74, 6) is 1.33. The molecule has 0 radical (unpaired) electrons. The lowest BCUT2D eigenvalue weighted by atomic mass is 10.1. The van der Waals surface area contributed by atoms with Crippen molar-refractivity contribution in [1.29, 1.82) is 0 Å². The van der Waals surface area contributed by atoms with Gasteiger partial charge in [0.2, 0.25) is 5.89 Å². The maximum Gasteiger partial charge on any atom is 0.227 e. The first kappa shape index (κ1) is 14.5. The van der Waals surface area contributed by atoms with Crippen LogP contribution >= 0.6 is 0 Å². The van der Waals surface area contributed by atoms with E-state index in [0.29, 0.717) is 5.89 Å². The van der Waals surface area contributed by atoms with E-state index in [1.165, 1.54) is 0 Å². The van der Waals surface area contributed by atoms with Crippen LogP contribution < -0.4 is 4.74 Å². The Balaban J connectivity index is 1.81. The van der Waals surface area contributed by atoms with E-state index in [1.807, 2.05) is 61.5 Å². The zero-order valence-electron chi connectivity index (χ0n) is 13.5. The van der Waals surface area contributed by atoms with Gasteiger partial charge in [-0.25, -0.2) is 4.98 Å². The number of pyridine rings is 1. The van der Waals surface area contributed by atoms with Crippen LogP contribution in [-0.4, -0.2) is 17.1 Å². The third kappa shape index (κ3) is 2.52. The third-order valence-electron chi connectivity index (χ3n) is 3.93. The second kappa shape index (κ2) is 5.81. The molecule has 4 heteroatoms. The van der Waals surface area contributed by atoms with Crippen molar-refractivity contribution >= 4 is 11.1 Å². The van der Waals surface area contributed by atoms with Crippen LogP contribution in [0.15, 0.2) is 65.2 Å². The van der Waals surface area contributed by atoms with E-state index >= 15 is 0 Å². The van der Waals surface area contributed by atoms with Crippen LogP contribution in [0, 0.1) is 6.92 Å². The average Bonchev–Trinajstić information content (AvgIpc) is 3.05. The molecule has 0 aliphatic carbocycles.